The molecule has 0 N–H and O–H groups in total. The third kappa shape index (κ3) is 3.57. The van der Waals surface area contributed by atoms with Crippen molar-refractivity contribution in [2.75, 3.05) is 0 Å². The van der Waals surface area contributed by atoms with Crippen LogP contribution in [0.15, 0.2) is 24.5 Å². The Morgan fingerprint density at radius 1 is 1.43 bits per heavy atom. The predicted molar refractivity (Wildman–Crippen MR) is 96.5 cm³/mol. The molecule has 3 nitrogen and oxygen atoms in total. The van der Waals surface area contributed by atoms with Crippen molar-refractivity contribution >= 4 is 14.3 Å². The zero-order chi connectivity index (χ0) is 17.5. The van der Waals surface area contributed by atoms with Crippen molar-refractivity contribution in [1.29, 1.82) is 0 Å². The fraction of sp³-hybridized carbons (Fsp3) is 0.737. The van der Waals surface area contributed by atoms with E-state index in [9.17, 15) is 4.79 Å². The summed E-state index contributed by atoms with van der Waals surface area (Å²) in [5.41, 5.74) is -0.455. The smallest absolute Gasteiger partial charge is 0.303 e. The van der Waals surface area contributed by atoms with Crippen molar-refractivity contribution in [3.63, 3.8) is 0 Å². The molecule has 4 heteroatoms. The van der Waals surface area contributed by atoms with Crippen molar-refractivity contribution < 1.29 is 14.0 Å². The largest absolute Gasteiger partial charge is 0.546 e. The van der Waals surface area contributed by atoms with Crippen molar-refractivity contribution in [2.24, 2.45) is 11.8 Å². The first-order chi connectivity index (χ1) is 10.5. The van der Waals surface area contributed by atoms with E-state index in [1.807, 2.05) is 6.08 Å². The lowest BCUT2D eigenvalue weighted by Crippen LogP contribution is -2.52. The van der Waals surface area contributed by atoms with Crippen LogP contribution in [0.2, 0.25) is 18.1 Å². The Morgan fingerprint density at radius 3 is 2.57 bits per heavy atom. The monoisotopic (exact) mass is 336 g/mol. The lowest BCUT2D eigenvalue weighted by atomic mass is 9.64. The molecule has 1 saturated carbocycles. The van der Waals surface area contributed by atoms with Gasteiger partial charge in [-0.25, -0.2) is 0 Å². The van der Waals surface area contributed by atoms with Gasteiger partial charge in [-0.3, -0.25) is 4.79 Å². The molecule has 130 valence electrons. The van der Waals surface area contributed by atoms with Crippen LogP contribution in [0.4, 0.5) is 0 Å². The summed E-state index contributed by atoms with van der Waals surface area (Å²) in [6, 6.07) is 0. The molecule has 3 rings (SSSR count). The third-order valence-corrected chi connectivity index (χ3v) is 10.2. The van der Waals surface area contributed by atoms with Crippen LogP contribution in [0.3, 0.4) is 0 Å². The summed E-state index contributed by atoms with van der Waals surface area (Å²) >= 11 is 0. The van der Waals surface area contributed by atoms with Crippen LogP contribution in [-0.2, 0) is 14.0 Å². The first-order valence-electron chi connectivity index (χ1n) is 8.72. The number of carbonyl (C=O) groups excluding carboxylic acids is 1. The maximum atomic E-state index is 11.7. The van der Waals surface area contributed by atoms with E-state index < -0.39 is 13.9 Å². The standard InChI is InChI=1S/C19H32O3Si/c1-8-11-19(21-14(2)20)13-15-9-10-16(19)17(12-15)22-23(6,7)18(3,4)5/h8,12,15-16H,1,9-11,13H2,2-7H3/t15-,16+,19-/m0/s1. The average molecular weight is 337 g/mol. The Bertz CT molecular complexity index is 515. The van der Waals surface area contributed by atoms with E-state index in [4.69, 9.17) is 9.16 Å². The van der Waals surface area contributed by atoms with Gasteiger partial charge in [0, 0.05) is 13.3 Å². The van der Waals surface area contributed by atoms with Gasteiger partial charge in [0.15, 0.2) is 0 Å². The van der Waals surface area contributed by atoms with Crippen molar-refractivity contribution in [1.82, 2.24) is 0 Å². The van der Waals surface area contributed by atoms with Gasteiger partial charge in [-0.05, 0) is 49.4 Å². The molecule has 0 amide bonds. The normalized spacial score (nSPS) is 30.6. The van der Waals surface area contributed by atoms with Crippen LogP contribution < -0.4 is 0 Å². The third-order valence-electron chi connectivity index (χ3n) is 5.83. The SMILES string of the molecule is C=CC[C@]1(OC(C)=O)C[C@@H]2C=C(O[Si](C)(C)C(C)(C)C)[C@H]1CC2. The molecule has 0 aromatic carbocycles. The molecule has 2 bridgehead atoms. The molecule has 0 radical (unpaired) electrons. The summed E-state index contributed by atoms with van der Waals surface area (Å²) in [5, 5.41) is 0.160. The maximum absolute atomic E-state index is 11.7. The molecular weight excluding hydrogens is 304 g/mol. The number of esters is 1. The minimum atomic E-state index is -1.89. The van der Waals surface area contributed by atoms with Gasteiger partial charge >= 0.3 is 5.97 Å². The number of rotatable bonds is 5. The summed E-state index contributed by atoms with van der Waals surface area (Å²) in [5.74, 6) is 1.48. The highest BCUT2D eigenvalue weighted by atomic mass is 28.4. The average Bonchev–Trinajstić information content (AvgIpc) is 2.36. The fourth-order valence-corrected chi connectivity index (χ4v) is 4.79. The van der Waals surface area contributed by atoms with Crippen LogP contribution in [0.1, 0.15) is 53.4 Å². The maximum Gasteiger partial charge on any atom is 0.303 e. The molecule has 0 saturated heterocycles. The molecule has 3 atom stereocenters. The summed E-state index contributed by atoms with van der Waals surface area (Å²) in [6.45, 7) is 16.7. The highest BCUT2D eigenvalue weighted by Crippen LogP contribution is 2.52. The highest BCUT2D eigenvalue weighted by molar-refractivity contribution is 6.74. The second-order valence-electron chi connectivity index (χ2n) is 8.68. The topological polar surface area (TPSA) is 35.5 Å². The fourth-order valence-electron chi connectivity index (χ4n) is 3.69. The number of hydrogen-bond acceptors (Lipinski definition) is 3. The highest BCUT2D eigenvalue weighted by Gasteiger charge is 2.53. The van der Waals surface area contributed by atoms with Gasteiger partial charge < -0.3 is 9.16 Å². The van der Waals surface area contributed by atoms with Gasteiger partial charge in [-0.15, -0.1) is 6.58 Å². The molecule has 0 spiro atoms. The molecule has 1 fully saturated rings. The number of fused-ring (bicyclic) bond motifs is 2. The van der Waals surface area contributed by atoms with Gasteiger partial charge in [0.2, 0.25) is 8.32 Å². The first-order valence-corrected chi connectivity index (χ1v) is 11.6. The molecule has 3 aliphatic rings. The quantitative estimate of drug-likeness (QED) is 0.393. The van der Waals surface area contributed by atoms with Gasteiger partial charge in [0.1, 0.15) is 5.60 Å². The number of ether oxygens (including phenoxy) is 1. The second-order valence-corrected chi connectivity index (χ2v) is 13.4. The number of allylic oxidation sites excluding steroid dienone is 1. The lowest BCUT2D eigenvalue weighted by Gasteiger charge is -2.51. The minimum absolute atomic E-state index is 0.160. The molecule has 0 aliphatic heterocycles. The van der Waals surface area contributed by atoms with E-state index in [1.165, 1.54) is 6.92 Å². The van der Waals surface area contributed by atoms with E-state index >= 15 is 0 Å². The van der Waals surface area contributed by atoms with Crippen molar-refractivity contribution in [3.8, 4) is 0 Å². The second kappa shape index (κ2) is 6.12. The number of carbonyl (C=O) groups is 1. The van der Waals surface area contributed by atoms with Crippen LogP contribution in [0.5, 0.6) is 0 Å². The van der Waals surface area contributed by atoms with Gasteiger partial charge in [-0.1, -0.05) is 26.8 Å². The molecule has 0 aromatic heterocycles. The van der Waals surface area contributed by atoms with E-state index in [0.717, 1.165) is 25.0 Å². The zero-order valence-corrected chi connectivity index (χ0v) is 16.6. The molecule has 3 aliphatic carbocycles. The lowest BCUT2D eigenvalue weighted by molar-refractivity contribution is -0.170. The van der Waals surface area contributed by atoms with Crippen molar-refractivity contribution in [2.45, 2.75) is 77.1 Å². The van der Waals surface area contributed by atoms with Gasteiger partial charge in [0.05, 0.1) is 11.7 Å². The molecule has 0 unspecified atom stereocenters. The van der Waals surface area contributed by atoms with Crippen LogP contribution in [-0.4, -0.2) is 19.9 Å². The first kappa shape index (κ1) is 18.3. The summed E-state index contributed by atoms with van der Waals surface area (Å²) in [4.78, 5) is 11.7. The van der Waals surface area contributed by atoms with Gasteiger partial charge in [0.25, 0.3) is 0 Å². The molecule has 23 heavy (non-hydrogen) atoms. The van der Waals surface area contributed by atoms with Crippen LogP contribution in [0.25, 0.3) is 0 Å². The number of hydrogen-bond donors (Lipinski definition) is 0. The molecular formula is C19H32O3Si. The van der Waals surface area contributed by atoms with E-state index in [-0.39, 0.29) is 16.9 Å². The minimum Gasteiger partial charge on any atom is -0.546 e. The van der Waals surface area contributed by atoms with E-state index in [0.29, 0.717) is 12.3 Å². The van der Waals surface area contributed by atoms with Crippen LogP contribution in [0, 0.1) is 11.8 Å². The van der Waals surface area contributed by atoms with E-state index in [1.54, 1.807) is 0 Å². The molecule has 0 aromatic rings. The Balaban J connectivity index is 2.32. The summed E-state index contributed by atoms with van der Waals surface area (Å²) in [7, 11) is -1.89. The Kier molecular flexibility index (Phi) is 4.87. The van der Waals surface area contributed by atoms with Crippen LogP contribution >= 0.6 is 0 Å². The predicted octanol–water partition coefficient (Wildman–Crippen LogP) is 5.20. The Morgan fingerprint density at radius 2 is 2.09 bits per heavy atom. The Labute approximate surface area is 142 Å². The molecule has 0 heterocycles. The van der Waals surface area contributed by atoms with E-state index in [2.05, 4.69) is 46.5 Å². The summed E-state index contributed by atoms with van der Waals surface area (Å²) in [6.07, 6.45) is 7.98. The summed E-state index contributed by atoms with van der Waals surface area (Å²) < 4.78 is 12.5. The Hall–Kier alpha value is -1.03. The van der Waals surface area contributed by atoms with Crippen molar-refractivity contribution in [3.05, 3.63) is 24.5 Å². The van der Waals surface area contributed by atoms with Gasteiger partial charge in [-0.2, -0.15) is 0 Å². The zero-order valence-electron chi connectivity index (χ0n) is 15.6.